The SMILES string of the molecule is COc1ccc(N2C(=O)CC(C(C)(C)C)NC2=O)cc1. The maximum atomic E-state index is 12.3. The van der Waals surface area contributed by atoms with E-state index in [1.54, 1.807) is 31.4 Å². The van der Waals surface area contributed by atoms with E-state index in [1.165, 1.54) is 4.90 Å². The Labute approximate surface area is 118 Å². The highest BCUT2D eigenvalue weighted by Gasteiger charge is 2.38. The van der Waals surface area contributed by atoms with Crippen LogP contribution in [0, 0.1) is 5.41 Å². The van der Waals surface area contributed by atoms with Crippen molar-refractivity contribution in [2.75, 3.05) is 12.0 Å². The Bertz CT molecular complexity index is 499. The minimum Gasteiger partial charge on any atom is -0.497 e. The summed E-state index contributed by atoms with van der Waals surface area (Å²) in [5.41, 5.74) is 0.415. The molecular weight excluding hydrogens is 256 g/mol. The number of ether oxygens (including phenoxy) is 1. The fourth-order valence-electron chi connectivity index (χ4n) is 2.16. The molecule has 3 amide bonds. The zero-order valence-electron chi connectivity index (χ0n) is 12.3. The van der Waals surface area contributed by atoms with Crippen molar-refractivity contribution in [2.24, 2.45) is 5.41 Å². The first kappa shape index (κ1) is 14.4. The van der Waals surface area contributed by atoms with Crippen molar-refractivity contribution in [1.29, 1.82) is 0 Å². The van der Waals surface area contributed by atoms with Crippen molar-refractivity contribution in [3.8, 4) is 5.75 Å². The fraction of sp³-hybridized carbons (Fsp3) is 0.467. The molecule has 0 aromatic heterocycles. The van der Waals surface area contributed by atoms with Crippen molar-refractivity contribution in [1.82, 2.24) is 5.32 Å². The number of rotatable bonds is 2. The van der Waals surface area contributed by atoms with Crippen LogP contribution in [0.1, 0.15) is 27.2 Å². The summed E-state index contributed by atoms with van der Waals surface area (Å²) in [5, 5.41) is 2.90. The number of amides is 3. The number of urea groups is 1. The maximum Gasteiger partial charge on any atom is 0.328 e. The third kappa shape index (κ3) is 2.76. The lowest BCUT2D eigenvalue weighted by Gasteiger charge is -2.38. The Kier molecular flexibility index (Phi) is 3.70. The van der Waals surface area contributed by atoms with E-state index in [4.69, 9.17) is 4.74 Å². The van der Waals surface area contributed by atoms with E-state index in [-0.39, 0.29) is 23.4 Å². The average molecular weight is 276 g/mol. The normalized spacial score (nSPS) is 19.8. The lowest BCUT2D eigenvalue weighted by Crippen LogP contribution is -2.58. The molecule has 1 fully saturated rings. The Morgan fingerprint density at radius 3 is 2.25 bits per heavy atom. The van der Waals surface area contributed by atoms with Crippen LogP contribution >= 0.6 is 0 Å². The minimum absolute atomic E-state index is 0.142. The van der Waals surface area contributed by atoms with Gasteiger partial charge >= 0.3 is 6.03 Å². The van der Waals surface area contributed by atoms with Gasteiger partial charge in [0.1, 0.15) is 5.75 Å². The van der Waals surface area contributed by atoms with Gasteiger partial charge in [-0.25, -0.2) is 9.69 Å². The van der Waals surface area contributed by atoms with Gasteiger partial charge in [-0.1, -0.05) is 20.8 Å². The van der Waals surface area contributed by atoms with E-state index in [2.05, 4.69) is 5.32 Å². The predicted molar refractivity (Wildman–Crippen MR) is 76.9 cm³/mol. The molecule has 1 aromatic rings. The van der Waals surface area contributed by atoms with Crippen LogP contribution in [0.4, 0.5) is 10.5 Å². The quantitative estimate of drug-likeness (QED) is 0.903. The lowest BCUT2D eigenvalue weighted by atomic mass is 9.83. The summed E-state index contributed by atoms with van der Waals surface area (Å²) in [4.78, 5) is 25.6. The zero-order valence-corrected chi connectivity index (χ0v) is 12.3. The van der Waals surface area contributed by atoms with Gasteiger partial charge in [-0.2, -0.15) is 0 Å². The van der Waals surface area contributed by atoms with Crippen LogP contribution in [0.2, 0.25) is 0 Å². The summed E-state index contributed by atoms with van der Waals surface area (Å²) in [6.07, 6.45) is 0.307. The Morgan fingerprint density at radius 2 is 1.80 bits per heavy atom. The van der Waals surface area contributed by atoms with Gasteiger partial charge in [-0.05, 0) is 29.7 Å². The molecule has 1 unspecified atom stereocenters. The molecule has 0 saturated carbocycles. The van der Waals surface area contributed by atoms with E-state index < -0.39 is 0 Å². The molecule has 5 nitrogen and oxygen atoms in total. The van der Waals surface area contributed by atoms with Gasteiger partial charge in [0.2, 0.25) is 5.91 Å². The number of nitrogens with zero attached hydrogens (tertiary/aromatic N) is 1. The lowest BCUT2D eigenvalue weighted by molar-refractivity contribution is -0.119. The molecule has 2 rings (SSSR count). The van der Waals surface area contributed by atoms with Gasteiger partial charge < -0.3 is 10.1 Å². The van der Waals surface area contributed by atoms with Crippen molar-refractivity contribution >= 4 is 17.6 Å². The molecule has 1 saturated heterocycles. The second kappa shape index (κ2) is 5.15. The number of benzene rings is 1. The molecule has 108 valence electrons. The monoisotopic (exact) mass is 276 g/mol. The fourth-order valence-corrected chi connectivity index (χ4v) is 2.16. The predicted octanol–water partition coefficient (Wildman–Crippen LogP) is 2.56. The number of hydrogen-bond donors (Lipinski definition) is 1. The third-order valence-electron chi connectivity index (χ3n) is 3.50. The number of anilines is 1. The zero-order chi connectivity index (χ0) is 14.9. The molecule has 20 heavy (non-hydrogen) atoms. The number of carbonyl (C=O) groups excluding carboxylic acids is 2. The highest BCUT2D eigenvalue weighted by atomic mass is 16.5. The number of imide groups is 1. The Balaban J connectivity index is 2.21. The second-order valence-corrected chi connectivity index (χ2v) is 6.00. The van der Waals surface area contributed by atoms with Gasteiger partial charge in [0, 0.05) is 12.5 Å². The number of methoxy groups -OCH3 is 1. The van der Waals surface area contributed by atoms with E-state index in [9.17, 15) is 9.59 Å². The van der Waals surface area contributed by atoms with Gasteiger partial charge in [0.05, 0.1) is 12.8 Å². The second-order valence-electron chi connectivity index (χ2n) is 6.00. The summed E-state index contributed by atoms with van der Waals surface area (Å²) in [6.45, 7) is 6.02. The number of nitrogens with one attached hydrogen (secondary N) is 1. The molecule has 1 aliphatic rings. The Morgan fingerprint density at radius 1 is 1.20 bits per heavy atom. The van der Waals surface area contributed by atoms with Gasteiger partial charge in [-0.3, -0.25) is 4.79 Å². The van der Waals surface area contributed by atoms with E-state index in [0.29, 0.717) is 17.9 Å². The smallest absolute Gasteiger partial charge is 0.328 e. The Hall–Kier alpha value is -2.04. The van der Waals surface area contributed by atoms with Gasteiger partial charge in [-0.15, -0.1) is 0 Å². The van der Waals surface area contributed by atoms with Crippen LogP contribution in [-0.4, -0.2) is 25.1 Å². The summed E-state index contributed by atoms with van der Waals surface area (Å²) in [7, 11) is 1.57. The van der Waals surface area contributed by atoms with E-state index in [0.717, 1.165) is 0 Å². The van der Waals surface area contributed by atoms with Gasteiger partial charge in [0.15, 0.2) is 0 Å². The molecule has 0 spiro atoms. The van der Waals surface area contributed by atoms with Gasteiger partial charge in [0.25, 0.3) is 0 Å². The molecular formula is C15H20N2O3. The van der Waals surface area contributed by atoms with Crippen LogP contribution in [0.3, 0.4) is 0 Å². The molecule has 1 N–H and O–H groups in total. The first-order valence-corrected chi connectivity index (χ1v) is 6.60. The topological polar surface area (TPSA) is 58.6 Å². The van der Waals surface area contributed by atoms with Crippen molar-refractivity contribution in [3.05, 3.63) is 24.3 Å². The molecule has 1 aliphatic heterocycles. The summed E-state index contributed by atoms with van der Waals surface area (Å²) < 4.78 is 5.07. The molecule has 5 heteroatoms. The van der Waals surface area contributed by atoms with Crippen molar-refractivity contribution in [2.45, 2.75) is 33.2 Å². The average Bonchev–Trinajstić information content (AvgIpc) is 2.37. The van der Waals surface area contributed by atoms with Crippen LogP contribution < -0.4 is 15.0 Å². The summed E-state index contributed by atoms with van der Waals surface area (Å²) in [6, 6.07) is 6.35. The van der Waals surface area contributed by atoms with Crippen molar-refractivity contribution < 1.29 is 14.3 Å². The number of carbonyl (C=O) groups is 2. The largest absolute Gasteiger partial charge is 0.497 e. The highest BCUT2D eigenvalue weighted by molar-refractivity contribution is 6.16. The minimum atomic E-state index is -0.369. The number of hydrogen-bond acceptors (Lipinski definition) is 3. The summed E-state index contributed by atoms with van der Waals surface area (Å²) in [5.74, 6) is 0.505. The summed E-state index contributed by atoms with van der Waals surface area (Å²) >= 11 is 0. The van der Waals surface area contributed by atoms with E-state index >= 15 is 0 Å². The molecule has 1 atom stereocenters. The molecule has 1 heterocycles. The molecule has 0 radical (unpaired) electrons. The van der Waals surface area contributed by atoms with E-state index in [1.807, 2.05) is 20.8 Å². The van der Waals surface area contributed by atoms with Crippen LogP contribution in [0.5, 0.6) is 5.75 Å². The van der Waals surface area contributed by atoms with Crippen LogP contribution in [-0.2, 0) is 4.79 Å². The third-order valence-corrected chi connectivity index (χ3v) is 3.50. The standard InChI is InChI=1S/C15H20N2O3/c1-15(2,3)12-9-13(18)17(14(19)16-12)10-5-7-11(20-4)8-6-10/h5-8,12H,9H2,1-4H3,(H,16,19). The van der Waals surface area contributed by atoms with Crippen LogP contribution in [0.15, 0.2) is 24.3 Å². The first-order chi connectivity index (χ1) is 9.32. The van der Waals surface area contributed by atoms with Crippen molar-refractivity contribution in [3.63, 3.8) is 0 Å². The molecule has 1 aromatic carbocycles. The van der Waals surface area contributed by atoms with Crippen LogP contribution in [0.25, 0.3) is 0 Å². The molecule has 0 bridgehead atoms. The highest BCUT2D eigenvalue weighted by Crippen LogP contribution is 2.28. The first-order valence-electron chi connectivity index (χ1n) is 6.60. The maximum absolute atomic E-state index is 12.3. The molecule has 0 aliphatic carbocycles.